The summed E-state index contributed by atoms with van der Waals surface area (Å²) in [5.74, 6) is 0.715. The molecule has 0 atom stereocenters. The molecular weight excluding hydrogens is 324 g/mol. The van der Waals surface area contributed by atoms with E-state index in [4.69, 9.17) is 4.74 Å². The van der Waals surface area contributed by atoms with Gasteiger partial charge in [0.15, 0.2) is 0 Å². The zero-order chi connectivity index (χ0) is 18.6. The van der Waals surface area contributed by atoms with Crippen LogP contribution in [0, 0.1) is 6.92 Å². The van der Waals surface area contributed by atoms with E-state index in [1.807, 2.05) is 55.5 Å². The van der Waals surface area contributed by atoms with E-state index in [-0.39, 0.29) is 12.5 Å². The molecule has 2 aromatic carbocycles. The Morgan fingerprint density at radius 3 is 2.50 bits per heavy atom. The minimum Gasteiger partial charge on any atom is -0.494 e. The van der Waals surface area contributed by atoms with Crippen LogP contribution in [0.3, 0.4) is 0 Å². The van der Waals surface area contributed by atoms with Crippen LogP contribution in [-0.4, -0.2) is 19.1 Å². The molecule has 0 aliphatic carbocycles. The minimum absolute atomic E-state index is 0.0812. The Balaban J connectivity index is 1.72. The highest BCUT2D eigenvalue weighted by Crippen LogP contribution is 2.18. The fourth-order valence-electron chi connectivity index (χ4n) is 2.62. The van der Waals surface area contributed by atoms with Gasteiger partial charge in [0.1, 0.15) is 5.75 Å². The number of hydrogen-bond donors (Lipinski definition) is 2. The summed E-state index contributed by atoms with van der Waals surface area (Å²) >= 11 is 0. The van der Waals surface area contributed by atoms with Crippen molar-refractivity contribution in [3.05, 3.63) is 54.1 Å². The zero-order valence-corrected chi connectivity index (χ0v) is 15.9. The first-order chi connectivity index (χ1) is 12.7. The summed E-state index contributed by atoms with van der Waals surface area (Å²) in [5.41, 5.74) is 2.89. The van der Waals surface area contributed by atoms with Crippen molar-refractivity contribution in [2.45, 2.75) is 46.0 Å². The van der Waals surface area contributed by atoms with Crippen molar-refractivity contribution in [2.75, 3.05) is 23.8 Å². The van der Waals surface area contributed by atoms with Crippen LogP contribution in [0.15, 0.2) is 48.5 Å². The van der Waals surface area contributed by atoms with Crippen molar-refractivity contribution in [1.82, 2.24) is 0 Å². The molecule has 2 aromatic rings. The summed E-state index contributed by atoms with van der Waals surface area (Å²) in [5, 5.41) is 6.02. The second-order valence-corrected chi connectivity index (χ2v) is 6.56. The summed E-state index contributed by atoms with van der Waals surface area (Å²) in [6.07, 6.45) is 6.08. The number of hydrogen-bond acceptors (Lipinski definition) is 3. The summed E-state index contributed by atoms with van der Waals surface area (Å²) in [4.78, 5) is 12.1. The number of nitrogens with one attached hydrogen (secondary N) is 2. The van der Waals surface area contributed by atoms with Crippen LogP contribution in [0.5, 0.6) is 5.75 Å². The minimum atomic E-state index is -0.0812. The van der Waals surface area contributed by atoms with Gasteiger partial charge in [0, 0.05) is 17.4 Å². The van der Waals surface area contributed by atoms with Gasteiger partial charge in [-0.1, -0.05) is 56.4 Å². The lowest BCUT2D eigenvalue weighted by Crippen LogP contribution is -2.21. The number of carbonyl (C=O) groups is 1. The number of carbonyl (C=O) groups excluding carboxylic acids is 1. The van der Waals surface area contributed by atoms with Crippen LogP contribution < -0.4 is 15.4 Å². The van der Waals surface area contributed by atoms with Crippen LogP contribution >= 0.6 is 0 Å². The first kappa shape index (κ1) is 19.8. The Hall–Kier alpha value is -2.49. The molecule has 140 valence electrons. The summed E-state index contributed by atoms with van der Waals surface area (Å²) in [7, 11) is 0. The Morgan fingerprint density at radius 1 is 0.962 bits per heavy atom. The van der Waals surface area contributed by atoms with E-state index in [2.05, 4.69) is 17.6 Å². The van der Waals surface area contributed by atoms with Gasteiger partial charge in [0.2, 0.25) is 5.91 Å². The average molecular weight is 354 g/mol. The fraction of sp³-hybridized carbons (Fsp3) is 0.409. The van der Waals surface area contributed by atoms with Gasteiger partial charge in [0.25, 0.3) is 0 Å². The van der Waals surface area contributed by atoms with Crippen molar-refractivity contribution >= 4 is 17.3 Å². The van der Waals surface area contributed by atoms with Crippen LogP contribution in [-0.2, 0) is 4.79 Å². The predicted molar refractivity (Wildman–Crippen MR) is 109 cm³/mol. The summed E-state index contributed by atoms with van der Waals surface area (Å²) in [6.45, 7) is 5.20. The molecule has 4 nitrogen and oxygen atoms in total. The number of anilines is 2. The first-order valence-corrected chi connectivity index (χ1v) is 9.50. The Labute approximate surface area is 157 Å². The van der Waals surface area contributed by atoms with Crippen LogP contribution in [0.4, 0.5) is 11.4 Å². The van der Waals surface area contributed by atoms with Gasteiger partial charge in [-0.25, -0.2) is 0 Å². The third-order valence-electron chi connectivity index (χ3n) is 4.14. The quantitative estimate of drug-likeness (QED) is 0.532. The molecule has 2 N–H and O–H groups in total. The zero-order valence-electron chi connectivity index (χ0n) is 15.9. The van der Waals surface area contributed by atoms with E-state index in [1.165, 1.54) is 31.2 Å². The predicted octanol–water partition coefficient (Wildman–Crippen LogP) is 5.39. The second-order valence-electron chi connectivity index (χ2n) is 6.56. The van der Waals surface area contributed by atoms with Gasteiger partial charge in [0.05, 0.1) is 13.2 Å². The van der Waals surface area contributed by atoms with E-state index in [9.17, 15) is 4.79 Å². The monoisotopic (exact) mass is 354 g/mol. The molecule has 0 fully saturated rings. The summed E-state index contributed by atoms with van der Waals surface area (Å²) < 4.78 is 5.78. The number of rotatable bonds is 11. The molecule has 0 saturated heterocycles. The molecule has 0 bridgehead atoms. The van der Waals surface area contributed by atoms with E-state index < -0.39 is 0 Å². The lowest BCUT2D eigenvalue weighted by molar-refractivity contribution is -0.114. The molecule has 0 saturated carbocycles. The lowest BCUT2D eigenvalue weighted by atomic mass is 10.2. The standard InChI is InChI=1S/C22H30N2O2/c1-3-4-5-6-7-15-26-21-10-8-9-20(16-21)24-22(25)17-23-19-13-11-18(2)12-14-19/h8-14,16,23H,3-7,15,17H2,1-2H3,(H,24,25). The normalized spacial score (nSPS) is 10.4. The molecule has 0 aliphatic rings. The van der Waals surface area contributed by atoms with E-state index in [1.54, 1.807) is 0 Å². The third kappa shape index (κ3) is 7.60. The van der Waals surface area contributed by atoms with Crippen LogP contribution in [0.2, 0.25) is 0 Å². The number of benzene rings is 2. The number of ether oxygens (including phenoxy) is 1. The molecule has 0 aliphatic heterocycles. The van der Waals surface area contributed by atoms with Crippen molar-refractivity contribution in [2.24, 2.45) is 0 Å². The number of unbranched alkanes of at least 4 members (excludes halogenated alkanes) is 4. The van der Waals surface area contributed by atoms with Gasteiger partial charge in [-0.3, -0.25) is 4.79 Å². The number of aryl methyl sites for hydroxylation is 1. The second kappa shape index (κ2) is 11.2. The number of amides is 1. The molecule has 0 unspecified atom stereocenters. The average Bonchev–Trinajstić information content (AvgIpc) is 2.64. The Bertz CT molecular complexity index is 668. The van der Waals surface area contributed by atoms with Gasteiger partial charge >= 0.3 is 0 Å². The SMILES string of the molecule is CCCCCCCOc1cccc(NC(=O)CNc2ccc(C)cc2)c1. The highest BCUT2D eigenvalue weighted by molar-refractivity contribution is 5.93. The smallest absolute Gasteiger partial charge is 0.243 e. The maximum absolute atomic E-state index is 12.1. The molecule has 0 aromatic heterocycles. The largest absolute Gasteiger partial charge is 0.494 e. The molecule has 0 spiro atoms. The molecule has 2 rings (SSSR count). The highest BCUT2D eigenvalue weighted by atomic mass is 16.5. The van der Waals surface area contributed by atoms with E-state index in [0.29, 0.717) is 0 Å². The Kier molecular flexibility index (Phi) is 8.53. The maximum Gasteiger partial charge on any atom is 0.243 e. The van der Waals surface area contributed by atoms with Crippen LogP contribution in [0.25, 0.3) is 0 Å². The molecule has 0 heterocycles. The third-order valence-corrected chi connectivity index (χ3v) is 4.14. The molecule has 26 heavy (non-hydrogen) atoms. The van der Waals surface area contributed by atoms with Gasteiger partial charge in [-0.05, 0) is 37.6 Å². The van der Waals surface area contributed by atoms with Gasteiger partial charge in [-0.15, -0.1) is 0 Å². The van der Waals surface area contributed by atoms with E-state index >= 15 is 0 Å². The summed E-state index contributed by atoms with van der Waals surface area (Å²) in [6, 6.07) is 15.5. The van der Waals surface area contributed by atoms with Crippen molar-refractivity contribution < 1.29 is 9.53 Å². The van der Waals surface area contributed by atoms with Gasteiger partial charge < -0.3 is 15.4 Å². The van der Waals surface area contributed by atoms with Crippen LogP contribution in [0.1, 0.15) is 44.6 Å². The van der Waals surface area contributed by atoms with Gasteiger partial charge in [-0.2, -0.15) is 0 Å². The highest BCUT2D eigenvalue weighted by Gasteiger charge is 2.04. The molecular formula is C22H30N2O2. The van der Waals surface area contributed by atoms with Crippen molar-refractivity contribution in [3.63, 3.8) is 0 Å². The van der Waals surface area contributed by atoms with E-state index in [0.717, 1.165) is 30.2 Å². The lowest BCUT2D eigenvalue weighted by Gasteiger charge is -2.10. The molecule has 0 radical (unpaired) electrons. The van der Waals surface area contributed by atoms with Crippen molar-refractivity contribution in [3.8, 4) is 5.75 Å². The molecule has 1 amide bonds. The Morgan fingerprint density at radius 2 is 1.73 bits per heavy atom. The maximum atomic E-state index is 12.1. The first-order valence-electron chi connectivity index (χ1n) is 9.50. The fourth-order valence-corrected chi connectivity index (χ4v) is 2.62. The molecule has 4 heteroatoms. The topological polar surface area (TPSA) is 50.4 Å². The van der Waals surface area contributed by atoms with Crippen molar-refractivity contribution in [1.29, 1.82) is 0 Å².